The molecule has 7 rings (SSSR count). The summed E-state index contributed by atoms with van der Waals surface area (Å²) in [6.07, 6.45) is 5.71. The topological polar surface area (TPSA) is 131 Å². The quantitative estimate of drug-likeness (QED) is 0.374. The average molecular weight is 619 g/mol. The van der Waals surface area contributed by atoms with Crippen molar-refractivity contribution in [3.05, 3.63) is 59.5 Å². The van der Waals surface area contributed by atoms with Crippen LogP contribution in [-0.2, 0) is 22.5 Å². The third-order valence-corrected chi connectivity index (χ3v) is 9.85. The SMILES string of the molecule is CC(C)(C)OC(=O)N[C@@H]1c2ccccc2CC12CCN(c1ncc(Sc3ccnc4c3OCC3(COC3)N4)nc1CO)CC2. The molecule has 1 amide bonds. The number of pyridine rings is 1. The number of anilines is 2. The van der Waals surface area contributed by atoms with E-state index in [0.29, 0.717) is 47.9 Å². The average Bonchev–Trinajstić information content (AvgIpc) is 3.27. The molecular formula is C32H38N6O5S. The summed E-state index contributed by atoms with van der Waals surface area (Å²) >= 11 is 1.44. The number of rotatable bonds is 5. The van der Waals surface area contributed by atoms with Crippen LogP contribution in [0, 0.1) is 5.41 Å². The van der Waals surface area contributed by atoms with Crippen molar-refractivity contribution in [2.24, 2.45) is 5.41 Å². The van der Waals surface area contributed by atoms with Gasteiger partial charge in [0.05, 0.1) is 37.0 Å². The summed E-state index contributed by atoms with van der Waals surface area (Å²) in [5.74, 6) is 2.09. The Kier molecular flexibility index (Phi) is 7.33. The second-order valence-electron chi connectivity index (χ2n) is 13.2. The van der Waals surface area contributed by atoms with Crippen LogP contribution in [0.4, 0.5) is 16.4 Å². The predicted molar refractivity (Wildman–Crippen MR) is 165 cm³/mol. The molecule has 11 nitrogen and oxygen atoms in total. The zero-order chi connectivity index (χ0) is 30.5. The number of ether oxygens (including phenoxy) is 3. The van der Waals surface area contributed by atoms with E-state index in [1.54, 1.807) is 12.4 Å². The van der Waals surface area contributed by atoms with Crippen molar-refractivity contribution in [1.29, 1.82) is 0 Å². The summed E-state index contributed by atoms with van der Waals surface area (Å²) in [5.41, 5.74) is 2.08. The predicted octanol–water partition coefficient (Wildman–Crippen LogP) is 4.50. The van der Waals surface area contributed by atoms with Gasteiger partial charge in [0.25, 0.3) is 0 Å². The molecule has 2 spiro atoms. The number of alkyl carbamates (subject to hydrolysis) is 1. The van der Waals surface area contributed by atoms with Crippen molar-refractivity contribution in [1.82, 2.24) is 20.3 Å². The summed E-state index contributed by atoms with van der Waals surface area (Å²) in [6.45, 7) is 8.60. The van der Waals surface area contributed by atoms with Crippen LogP contribution < -0.4 is 20.3 Å². The largest absolute Gasteiger partial charge is 0.486 e. The third kappa shape index (κ3) is 5.43. The molecule has 2 fully saturated rings. The third-order valence-electron chi connectivity index (χ3n) is 8.91. The van der Waals surface area contributed by atoms with E-state index in [9.17, 15) is 9.90 Å². The molecule has 3 aromatic rings. The maximum atomic E-state index is 12.9. The molecule has 5 heterocycles. The Morgan fingerprint density at radius 1 is 1.18 bits per heavy atom. The minimum absolute atomic E-state index is 0.127. The number of piperidine rings is 1. The van der Waals surface area contributed by atoms with E-state index in [0.717, 1.165) is 42.8 Å². The smallest absolute Gasteiger partial charge is 0.408 e. The van der Waals surface area contributed by atoms with Gasteiger partial charge in [-0.3, -0.25) is 0 Å². The van der Waals surface area contributed by atoms with Crippen LogP contribution in [0.3, 0.4) is 0 Å². The minimum atomic E-state index is -0.572. The Balaban J connectivity index is 1.07. The molecule has 4 aliphatic rings. The van der Waals surface area contributed by atoms with Gasteiger partial charge in [-0.2, -0.15) is 0 Å². The highest BCUT2D eigenvalue weighted by Crippen LogP contribution is 2.52. The van der Waals surface area contributed by atoms with E-state index in [4.69, 9.17) is 24.2 Å². The zero-order valence-corrected chi connectivity index (χ0v) is 26.1. The van der Waals surface area contributed by atoms with Crippen LogP contribution in [0.25, 0.3) is 0 Å². The molecule has 2 aromatic heterocycles. The number of nitrogens with zero attached hydrogens (tertiary/aromatic N) is 4. The molecule has 3 aliphatic heterocycles. The number of aliphatic hydroxyl groups is 1. The Hall–Kier alpha value is -3.61. The monoisotopic (exact) mass is 618 g/mol. The molecule has 3 N–H and O–H groups in total. The van der Waals surface area contributed by atoms with Crippen molar-refractivity contribution in [3.63, 3.8) is 0 Å². The summed E-state index contributed by atoms with van der Waals surface area (Å²) in [4.78, 5) is 30.0. The standard InChI is InChI=1S/C32H38N6O5S/c1-30(2,3)43-29(40)36-26-21-7-5-4-6-20(21)14-31(26)9-12-38(13-10-31)28-22(16-39)35-24(15-34-28)44-23-8-11-33-27-25(23)42-19-32(37-27)17-41-18-32/h4-8,11,15,26,39H,9-10,12-14,16-19H2,1-3H3,(H,33,37)(H,36,40)/t26-/m1/s1. The first-order valence-corrected chi connectivity index (χ1v) is 15.9. The lowest BCUT2D eigenvalue weighted by Gasteiger charge is -2.45. The van der Waals surface area contributed by atoms with Gasteiger partial charge < -0.3 is 34.9 Å². The number of hydrogen-bond donors (Lipinski definition) is 3. The van der Waals surface area contributed by atoms with Gasteiger partial charge >= 0.3 is 6.09 Å². The van der Waals surface area contributed by atoms with E-state index in [1.165, 1.54) is 17.3 Å². The first-order valence-electron chi connectivity index (χ1n) is 15.1. The maximum absolute atomic E-state index is 12.9. The number of carbonyl (C=O) groups is 1. The lowest BCUT2D eigenvalue weighted by atomic mass is 9.72. The molecule has 0 radical (unpaired) electrons. The van der Waals surface area contributed by atoms with Crippen LogP contribution in [0.5, 0.6) is 5.75 Å². The minimum Gasteiger partial charge on any atom is -0.486 e. The first-order chi connectivity index (χ1) is 21.2. The molecular weight excluding hydrogens is 580 g/mol. The van der Waals surface area contributed by atoms with Gasteiger partial charge in [0.2, 0.25) is 0 Å². The Bertz CT molecular complexity index is 1570. The molecule has 44 heavy (non-hydrogen) atoms. The number of aromatic nitrogens is 3. The van der Waals surface area contributed by atoms with Crippen molar-refractivity contribution < 1.29 is 24.1 Å². The van der Waals surface area contributed by atoms with Crippen molar-refractivity contribution in [2.75, 3.05) is 43.1 Å². The van der Waals surface area contributed by atoms with Crippen LogP contribution in [-0.4, -0.2) is 70.2 Å². The number of benzene rings is 1. The zero-order valence-electron chi connectivity index (χ0n) is 25.3. The molecule has 2 saturated heterocycles. The molecule has 12 heteroatoms. The summed E-state index contributed by atoms with van der Waals surface area (Å²) < 4.78 is 17.1. The van der Waals surface area contributed by atoms with E-state index >= 15 is 0 Å². The van der Waals surface area contributed by atoms with E-state index in [1.807, 2.05) is 32.9 Å². The number of carbonyl (C=O) groups excluding carboxylic acids is 1. The van der Waals surface area contributed by atoms with Gasteiger partial charge in [0.15, 0.2) is 17.4 Å². The van der Waals surface area contributed by atoms with Crippen molar-refractivity contribution >= 4 is 29.5 Å². The number of hydrogen-bond acceptors (Lipinski definition) is 11. The van der Waals surface area contributed by atoms with Crippen molar-refractivity contribution in [2.45, 2.75) is 73.7 Å². The Morgan fingerprint density at radius 2 is 1.98 bits per heavy atom. The maximum Gasteiger partial charge on any atom is 0.408 e. The number of aliphatic hydroxyl groups excluding tert-OH is 1. The normalized spacial score (nSPS) is 21.1. The number of nitrogens with one attached hydrogen (secondary N) is 2. The lowest BCUT2D eigenvalue weighted by molar-refractivity contribution is -0.0652. The van der Waals surface area contributed by atoms with Crippen LogP contribution in [0.2, 0.25) is 0 Å². The molecule has 0 unspecified atom stereocenters. The summed E-state index contributed by atoms with van der Waals surface area (Å²) in [6, 6.07) is 10.1. The fourth-order valence-electron chi connectivity index (χ4n) is 6.75. The number of fused-ring (bicyclic) bond motifs is 2. The second-order valence-corrected chi connectivity index (χ2v) is 14.3. The Labute approximate surface area is 261 Å². The number of amides is 1. The van der Waals surface area contributed by atoms with Gasteiger partial charge in [-0.25, -0.2) is 19.7 Å². The van der Waals surface area contributed by atoms with Crippen LogP contribution in [0.1, 0.15) is 56.5 Å². The molecule has 0 saturated carbocycles. The highest BCUT2D eigenvalue weighted by atomic mass is 32.2. The molecule has 0 bridgehead atoms. The fraction of sp³-hybridized carbons (Fsp3) is 0.500. The second kappa shape index (κ2) is 11.1. The van der Waals surface area contributed by atoms with Crippen molar-refractivity contribution in [3.8, 4) is 5.75 Å². The highest BCUT2D eigenvalue weighted by molar-refractivity contribution is 7.99. The highest BCUT2D eigenvalue weighted by Gasteiger charge is 2.49. The van der Waals surface area contributed by atoms with Gasteiger partial charge in [0.1, 0.15) is 28.5 Å². The van der Waals surface area contributed by atoms with E-state index < -0.39 is 11.7 Å². The molecule has 1 atom stereocenters. The van der Waals surface area contributed by atoms with Gasteiger partial charge in [-0.1, -0.05) is 36.0 Å². The van der Waals surface area contributed by atoms with Crippen LogP contribution >= 0.6 is 11.8 Å². The van der Waals surface area contributed by atoms with Gasteiger partial charge in [0, 0.05) is 24.7 Å². The van der Waals surface area contributed by atoms with E-state index in [-0.39, 0.29) is 23.6 Å². The lowest BCUT2D eigenvalue weighted by Crippen LogP contribution is -2.61. The molecule has 1 aliphatic carbocycles. The van der Waals surface area contributed by atoms with Gasteiger partial charge in [-0.15, -0.1) is 0 Å². The first kappa shape index (κ1) is 29.1. The summed E-state index contributed by atoms with van der Waals surface area (Å²) in [5, 5.41) is 17.7. The van der Waals surface area contributed by atoms with E-state index in [2.05, 4.69) is 38.7 Å². The Morgan fingerprint density at radius 3 is 2.70 bits per heavy atom. The summed E-state index contributed by atoms with van der Waals surface area (Å²) in [7, 11) is 0. The molecule has 1 aromatic carbocycles. The fourth-order valence-corrected chi connectivity index (χ4v) is 7.61. The van der Waals surface area contributed by atoms with Crippen LogP contribution in [0.15, 0.2) is 52.6 Å². The van der Waals surface area contributed by atoms with Gasteiger partial charge in [-0.05, 0) is 57.2 Å². The molecule has 232 valence electrons.